The van der Waals surface area contributed by atoms with Gasteiger partial charge in [0.1, 0.15) is 17.2 Å². The van der Waals surface area contributed by atoms with Crippen molar-refractivity contribution in [3.8, 4) is 17.2 Å². The average molecular weight is 622 g/mol. The van der Waals surface area contributed by atoms with Crippen molar-refractivity contribution in [1.29, 1.82) is 0 Å². The van der Waals surface area contributed by atoms with Crippen LogP contribution in [0, 0.1) is 0 Å². The fourth-order valence-electron chi connectivity index (χ4n) is 5.21. The highest BCUT2D eigenvalue weighted by Gasteiger charge is 2.24. The summed E-state index contributed by atoms with van der Waals surface area (Å²) in [5, 5.41) is 17.8. The standard InChI is InChI=1S/C36H35N3O7/c1-23(40)25-8-10-26(11-9-25)37-36(44)38-27-12-16-29(17-13-27)46-31-20-18-30(19-21-31)45-28-14-6-24(7-15-28)22-34(41)39-33-5-3-2-4-32(33)35(42)43/h2-11,14-15,18-21,27,29H,12-13,16-17,22H2,1H3,(H,39,41)(H,42,43)(H2,37,38,44). The molecule has 10 heteroatoms. The number of carboxylic acids is 1. The van der Waals surface area contributed by atoms with Crippen molar-refractivity contribution in [1.82, 2.24) is 5.32 Å². The number of hydrogen-bond acceptors (Lipinski definition) is 6. The van der Waals surface area contributed by atoms with Crippen LogP contribution < -0.4 is 25.4 Å². The quantitative estimate of drug-likeness (QED) is 0.131. The number of amides is 3. The number of anilines is 2. The van der Waals surface area contributed by atoms with Crippen molar-refractivity contribution in [2.75, 3.05) is 10.6 Å². The molecule has 236 valence electrons. The van der Waals surface area contributed by atoms with Gasteiger partial charge >= 0.3 is 12.0 Å². The number of benzene rings is 4. The van der Waals surface area contributed by atoms with Gasteiger partial charge in [-0.05, 0) is 111 Å². The zero-order chi connectivity index (χ0) is 32.5. The van der Waals surface area contributed by atoms with Crippen molar-refractivity contribution in [3.63, 3.8) is 0 Å². The van der Waals surface area contributed by atoms with E-state index < -0.39 is 5.97 Å². The Kier molecular flexibility index (Phi) is 10.3. The van der Waals surface area contributed by atoms with Gasteiger partial charge in [-0.25, -0.2) is 9.59 Å². The van der Waals surface area contributed by atoms with Crippen LogP contribution in [0.2, 0.25) is 0 Å². The Morgan fingerprint density at radius 2 is 1.35 bits per heavy atom. The molecule has 46 heavy (non-hydrogen) atoms. The second-order valence-electron chi connectivity index (χ2n) is 11.1. The maximum absolute atomic E-state index is 12.5. The minimum atomic E-state index is -1.10. The first-order chi connectivity index (χ1) is 22.2. The van der Waals surface area contributed by atoms with Gasteiger partial charge in [0, 0.05) is 17.3 Å². The van der Waals surface area contributed by atoms with E-state index in [1.807, 2.05) is 24.3 Å². The molecule has 4 aromatic rings. The largest absolute Gasteiger partial charge is 0.490 e. The molecule has 4 aromatic carbocycles. The first kappa shape index (κ1) is 31.8. The summed E-state index contributed by atoms with van der Waals surface area (Å²) in [5.41, 5.74) is 2.28. The van der Waals surface area contributed by atoms with Gasteiger partial charge < -0.3 is 30.5 Å². The third kappa shape index (κ3) is 8.95. The van der Waals surface area contributed by atoms with Crippen molar-refractivity contribution >= 4 is 35.1 Å². The van der Waals surface area contributed by atoms with Crippen molar-refractivity contribution in [3.05, 3.63) is 114 Å². The zero-order valence-corrected chi connectivity index (χ0v) is 25.3. The van der Waals surface area contributed by atoms with Crippen LogP contribution >= 0.6 is 0 Å². The van der Waals surface area contributed by atoms with Crippen LogP contribution in [0.25, 0.3) is 0 Å². The molecule has 1 saturated carbocycles. The Bertz CT molecular complexity index is 1680. The number of Topliss-reactive ketones (excluding diaryl/α,β-unsaturated/α-hetero) is 1. The van der Waals surface area contributed by atoms with E-state index in [0.717, 1.165) is 37.0 Å². The van der Waals surface area contributed by atoms with Gasteiger partial charge in [-0.2, -0.15) is 0 Å². The Labute approximate surface area is 266 Å². The lowest BCUT2D eigenvalue weighted by Gasteiger charge is -2.29. The number of carbonyl (C=O) groups excluding carboxylic acids is 3. The van der Waals surface area contributed by atoms with Crippen LogP contribution in [0.5, 0.6) is 17.2 Å². The predicted molar refractivity (Wildman–Crippen MR) is 174 cm³/mol. The minimum absolute atomic E-state index is 0.0207. The van der Waals surface area contributed by atoms with E-state index in [-0.39, 0.29) is 47.5 Å². The van der Waals surface area contributed by atoms with Gasteiger partial charge in [-0.3, -0.25) is 9.59 Å². The molecule has 0 radical (unpaired) electrons. The lowest BCUT2D eigenvalue weighted by atomic mass is 9.93. The van der Waals surface area contributed by atoms with Crippen LogP contribution in [-0.2, 0) is 11.2 Å². The molecule has 4 N–H and O–H groups in total. The summed E-state index contributed by atoms with van der Waals surface area (Å²) in [6.07, 6.45) is 3.36. The van der Waals surface area contributed by atoms with E-state index in [0.29, 0.717) is 22.7 Å². The monoisotopic (exact) mass is 621 g/mol. The number of hydrogen-bond donors (Lipinski definition) is 4. The summed E-state index contributed by atoms with van der Waals surface area (Å²) in [6.45, 7) is 1.50. The second-order valence-corrected chi connectivity index (χ2v) is 11.1. The SMILES string of the molecule is CC(=O)c1ccc(NC(=O)NC2CCC(Oc3ccc(Oc4ccc(CC(=O)Nc5ccccc5C(=O)O)cc4)cc3)CC2)cc1. The summed E-state index contributed by atoms with van der Waals surface area (Å²) in [5.74, 6) is 0.540. The highest BCUT2D eigenvalue weighted by atomic mass is 16.5. The molecule has 5 rings (SSSR count). The number of carbonyl (C=O) groups is 4. The highest BCUT2D eigenvalue weighted by molar-refractivity contribution is 6.01. The molecular weight excluding hydrogens is 586 g/mol. The Balaban J connectivity index is 1.03. The zero-order valence-electron chi connectivity index (χ0n) is 25.3. The highest BCUT2D eigenvalue weighted by Crippen LogP contribution is 2.28. The molecule has 0 bridgehead atoms. The first-order valence-electron chi connectivity index (χ1n) is 15.1. The molecule has 0 heterocycles. The van der Waals surface area contributed by atoms with E-state index in [1.165, 1.54) is 13.0 Å². The molecular formula is C36H35N3O7. The molecule has 1 aliphatic carbocycles. The molecule has 3 amide bonds. The lowest BCUT2D eigenvalue weighted by molar-refractivity contribution is -0.115. The minimum Gasteiger partial charge on any atom is -0.490 e. The summed E-state index contributed by atoms with van der Waals surface area (Å²) in [4.78, 5) is 47.7. The Morgan fingerprint density at radius 3 is 1.98 bits per heavy atom. The molecule has 0 atom stereocenters. The molecule has 10 nitrogen and oxygen atoms in total. The van der Waals surface area contributed by atoms with Crippen LogP contribution in [0.15, 0.2) is 97.1 Å². The van der Waals surface area contributed by atoms with Crippen molar-refractivity contribution < 1.29 is 33.8 Å². The fraction of sp³-hybridized carbons (Fsp3) is 0.222. The van der Waals surface area contributed by atoms with E-state index in [2.05, 4.69) is 16.0 Å². The van der Waals surface area contributed by atoms with Gasteiger partial charge in [0.2, 0.25) is 5.91 Å². The van der Waals surface area contributed by atoms with Crippen LogP contribution in [0.4, 0.5) is 16.2 Å². The number of ketones is 1. The number of para-hydroxylation sites is 1. The summed E-state index contributed by atoms with van der Waals surface area (Å²) < 4.78 is 12.1. The smallest absolute Gasteiger partial charge is 0.337 e. The third-order valence-corrected chi connectivity index (χ3v) is 7.64. The van der Waals surface area contributed by atoms with Crippen LogP contribution in [0.1, 0.15) is 58.9 Å². The summed E-state index contributed by atoms with van der Waals surface area (Å²) in [6, 6.07) is 27.4. The van der Waals surface area contributed by atoms with Crippen LogP contribution in [0.3, 0.4) is 0 Å². The van der Waals surface area contributed by atoms with E-state index >= 15 is 0 Å². The van der Waals surface area contributed by atoms with Gasteiger partial charge in [0.05, 0.1) is 23.8 Å². The van der Waals surface area contributed by atoms with Gasteiger partial charge in [-0.15, -0.1) is 0 Å². The predicted octanol–water partition coefficient (Wildman–Crippen LogP) is 7.07. The fourth-order valence-corrected chi connectivity index (χ4v) is 5.21. The van der Waals surface area contributed by atoms with Gasteiger partial charge in [0.15, 0.2) is 5.78 Å². The maximum Gasteiger partial charge on any atom is 0.337 e. The van der Waals surface area contributed by atoms with Gasteiger partial charge in [0.25, 0.3) is 0 Å². The summed E-state index contributed by atoms with van der Waals surface area (Å²) in [7, 11) is 0. The second kappa shape index (κ2) is 14.9. The molecule has 0 saturated heterocycles. The molecule has 0 unspecified atom stereocenters. The third-order valence-electron chi connectivity index (χ3n) is 7.64. The topological polar surface area (TPSA) is 143 Å². The molecule has 0 spiro atoms. The van der Waals surface area contributed by atoms with E-state index in [4.69, 9.17) is 9.47 Å². The molecule has 1 fully saturated rings. The molecule has 0 aromatic heterocycles. The number of ether oxygens (including phenoxy) is 2. The van der Waals surface area contributed by atoms with Crippen molar-refractivity contribution in [2.45, 2.75) is 51.2 Å². The first-order valence-corrected chi connectivity index (χ1v) is 15.1. The number of rotatable bonds is 11. The van der Waals surface area contributed by atoms with Gasteiger partial charge in [-0.1, -0.05) is 24.3 Å². The normalized spacial score (nSPS) is 15.7. The number of urea groups is 1. The Hall–Kier alpha value is -5.64. The number of nitrogens with one attached hydrogen (secondary N) is 3. The Morgan fingerprint density at radius 1 is 0.739 bits per heavy atom. The van der Waals surface area contributed by atoms with Crippen molar-refractivity contribution in [2.24, 2.45) is 0 Å². The van der Waals surface area contributed by atoms with Crippen LogP contribution in [-0.4, -0.2) is 40.9 Å². The lowest BCUT2D eigenvalue weighted by Crippen LogP contribution is -2.41. The molecule has 1 aliphatic rings. The average Bonchev–Trinajstić information content (AvgIpc) is 3.04. The summed E-state index contributed by atoms with van der Waals surface area (Å²) >= 11 is 0. The maximum atomic E-state index is 12.5. The van der Waals surface area contributed by atoms with E-state index in [1.54, 1.807) is 66.7 Å². The molecule has 0 aliphatic heterocycles. The van der Waals surface area contributed by atoms with E-state index in [9.17, 15) is 24.3 Å². The number of carboxylic acid groups (broad SMARTS) is 1. The number of aromatic carboxylic acids is 1.